The van der Waals surface area contributed by atoms with Crippen LogP contribution in [-0.2, 0) is 9.59 Å². The lowest BCUT2D eigenvalue weighted by Gasteiger charge is -2.17. The average Bonchev–Trinajstić information content (AvgIpc) is 2.99. The summed E-state index contributed by atoms with van der Waals surface area (Å²) in [6.07, 6.45) is 2.27. The van der Waals surface area contributed by atoms with E-state index in [1.165, 1.54) is 0 Å². The molecule has 0 bridgehead atoms. The van der Waals surface area contributed by atoms with Gasteiger partial charge in [0.1, 0.15) is 0 Å². The smallest absolute Gasteiger partial charge is 0.229 e. The van der Waals surface area contributed by atoms with Crippen LogP contribution < -0.4 is 10.2 Å². The van der Waals surface area contributed by atoms with Crippen molar-refractivity contribution in [1.82, 2.24) is 0 Å². The highest BCUT2D eigenvalue weighted by Gasteiger charge is 2.35. The molecular weight excluding hydrogens is 320 g/mol. The van der Waals surface area contributed by atoms with Crippen molar-refractivity contribution >= 4 is 35.0 Å². The maximum Gasteiger partial charge on any atom is 0.229 e. The maximum atomic E-state index is 12.4. The van der Waals surface area contributed by atoms with Crippen molar-refractivity contribution in [1.29, 1.82) is 0 Å². The maximum absolute atomic E-state index is 12.4. The fraction of sp³-hybridized carbons (Fsp3) is 0.263. The first-order valence-electron chi connectivity index (χ1n) is 7.89. The summed E-state index contributed by atoms with van der Waals surface area (Å²) in [5.41, 5.74) is 2.76. The number of amides is 2. The second kappa shape index (κ2) is 7.09. The SMILES string of the molecule is CSc1ccc(N2CC(C(=O)Nc3ccc(C)cc3)CC2=O)cc1. The van der Waals surface area contributed by atoms with Crippen LogP contribution in [0.1, 0.15) is 12.0 Å². The van der Waals surface area contributed by atoms with Gasteiger partial charge in [-0.1, -0.05) is 17.7 Å². The van der Waals surface area contributed by atoms with E-state index < -0.39 is 0 Å². The van der Waals surface area contributed by atoms with Gasteiger partial charge < -0.3 is 10.2 Å². The summed E-state index contributed by atoms with van der Waals surface area (Å²) < 4.78 is 0. The van der Waals surface area contributed by atoms with Gasteiger partial charge >= 0.3 is 0 Å². The molecule has 24 heavy (non-hydrogen) atoms. The zero-order valence-electron chi connectivity index (χ0n) is 13.8. The van der Waals surface area contributed by atoms with Crippen molar-refractivity contribution in [2.75, 3.05) is 23.0 Å². The Labute approximate surface area is 146 Å². The lowest BCUT2D eigenvalue weighted by Crippen LogP contribution is -2.28. The first kappa shape index (κ1) is 16.6. The van der Waals surface area contributed by atoms with Crippen molar-refractivity contribution < 1.29 is 9.59 Å². The van der Waals surface area contributed by atoms with Crippen LogP contribution in [0, 0.1) is 12.8 Å². The molecule has 3 rings (SSSR count). The molecule has 2 aromatic rings. The van der Waals surface area contributed by atoms with E-state index in [0.717, 1.165) is 21.8 Å². The molecule has 1 unspecified atom stereocenters. The minimum absolute atomic E-state index is 0.00374. The van der Waals surface area contributed by atoms with Gasteiger partial charge in [-0.2, -0.15) is 0 Å². The number of hydrogen-bond acceptors (Lipinski definition) is 3. The number of aryl methyl sites for hydroxylation is 1. The Kier molecular flexibility index (Phi) is 4.90. The summed E-state index contributed by atoms with van der Waals surface area (Å²) in [5, 5.41) is 2.90. The van der Waals surface area contributed by atoms with E-state index in [-0.39, 0.29) is 24.2 Å². The molecule has 0 aromatic heterocycles. The zero-order chi connectivity index (χ0) is 17.1. The Hall–Kier alpha value is -2.27. The molecule has 0 radical (unpaired) electrons. The van der Waals surface area contributed by atoms with Crippen LogP contribution in [-0.4, -0.2) is 24.6 Å². The van der Waals surface area contributed by atoms with Crippen LogP contribution in [0.15, 0.2) is 53.4 Å². The molecule has 2 aromatic carbocycles. The predicted molar refractivity (Wildman–Crippen MR) is 98.5 cm³/mol. The molecule has 1 heterocycles. The molecule has 1 atom stereocenters. The summed E-state index contributed by atoms with van der Waals surface area (Å²) in [4.78, 5) is 27.6. The first-order valence-corrected chi connectivity index (χ1v) is 9.11. The van der Waals surface area contributed by atoms with Gasteiger partial charge in [-0.3, -0.25) is 9.59 Å². The van der Waals surface area contributed by atoms with Gasteiger partial charge in [0.2, 0.25) is 11.8 Å². The Morgan fingerprint density at radius 1 is 1.12 bits per heavy atom. The van der Waals surface area contributed by atoms with E-state index in [1.807, 2.05) is 61.7 Å². The van der Waals surface area contributed by atoms with Crippen LogP contribution in [0.25, 0.3) is 0 Å². The Bertz CT molecular complexity index is 741. The highest BCUT2D eigenvalue weighted by atomic mass is 32.2. The number of thioether (sulfide) groups is 1. The number of anilines is 2. The fourth-order valence-electron chi connectivity index (χ4n) is 2.78. The molecule has 0 spiro atoms. The van der Waals surface area contributed by atoms with Crippen LogP contribution in [0.5, 0.6) is 0 Å². The predicted octanol–water partition coefficient (Wildman–Crippen LogP) is 3.71. The number of carbonyl (C=O) groups excluding carboxylic acids is 2. The minimum atomic E-state index is -0.320. The molecule has 0 saturated carbocycles. The molecule has 124 valence electrons. The van der Waals surface area contributed by atoms with E-state index in [1.54, 1.807) is 16.7 Å². The molecule has 1 fully saturated rings. The quantitative estimate of drug-likeness (QED) is 0.863. The minimum Gasteiger partial charge on any atom is -0.326 e. The van der Waals surface area contributed by atoms with Gasteiger partial charge in [-0.05, 0) is 49.6 Å². The summed E-state index contributed by atoms with van der Waals surface area (Å²) >= 11 is 1.66. The van der Waals surface area contributed by atoms with Gasteiger partial charge in [0.05, 0.1) is 5.92 Å². The number of benzene rings is 2. The zero-order valence-corrected chi connectivity index (χ0v) is 14.6. The molecule has 1 aliphatic rings. The Balaban J connectivity index is 1.67. The standard InChI is InChI=1S/C19H20N2O2S/c1-13-3-5-15(6-4-13)20-19(23)14-11-18(22)21(12-14)16-7-9-17(24-2)10-8-16/h3-10,14H,11-12H2,1-2H3,(H,20,23). The summed E-state index contributed by atoms with van der Waals surface area (Å²) in [6.45, 7) is 2.43. The third-order valence-electron chi connectivity index (χ3n) is 4.20. The molecule has 1 aliphatic heterocycles. The lowest BCUT2D eigenvalue weighted by atomic mass is 10.1. The molecule has 5 heteroatoms. The van der Waals surface area contributed by atoms with Crippen LogP contribution in [0.4, 0.5) is 11.4 Å². The lowest BCUT2D eigenvalue weighted by molar-refractivity contribution is -0.122. The molecule has 2 amide bonds. The largest absolute Gasteiger partial charge is 0.326 e. The van der Waals surface area contributed by atoms with E-state index >= 15 is 0 Å². The van der Waals surface area contributed by atoms with E-state index in [0.29, 0.717) is 6.54 Å². The number of hydrogen-bond donors (Lipinski definition) is 1. The van der Waals surface area contributed by atoms with Crippen molar-refractivity contribution in [3.63, 3.8) is 0 Å². The second-order valence-electron chi connectivity index (χ2n) is 5.96. The second-order valence-corrected chi connectivity index (χ2v) is 6.84. The van der Waals surface area contributed by atoms with Crippen LogP contribution in [0.2, 0.25) is 0 Å². The van der Waals surface area contributed by atoms with Gasteiger partial charge in [0.25, 0.3) is 0 Å². The van der Waals surface area contributed by atoms with Crippen LogP contribution in [0.3, 0.4) is 0 Å². The molecule has 4 nitrogen and oxygen atoms in total. The van der Waals surface area contributed by atoms with E-state index in [2.05, 4.69) is 5.32 Å². The van der Waals surface area contributed by atoms with E-state index in [4.69, 9.17) is 0 Å². The van der Waals surface area contributed by atoms with Crippen LogP contribution >= 0.6 is 11.8 Å². The fourth-order valence-corrected chi connectivity index (χ4v) is 3.18. The van der Waals surface area contributed by atoms with Crippen molar-refractivity contribution in [3.8, 4) is 0 Å². The third-order valence-corrected chi connectivity index (χ3v) is 4.94. The third kappa shape index (κ3) is 3.62. The topological polar surface area (TPSA) is 49.4 Å². The summed E-state index contributed by atoms with van der Waals surface area (Å²) in [7, 11) is 0. The Morgan fingerprint density at radius 3 is 2.42 bits per heavy atom. The van der Waals surface area contributed by atoms with Crippen molar-refractivity contribution in [3.05, 3.63) is 54.1 Å². The molecule has 0 aliphatic carbocycles. The van der Waals surface area contributed by atoms with Gasteiger partial charge in [0.15, 0.2) is 0 Å². The van der Waals surface area contributed by atoms with Crippen molar-refractivity contribution in [2.24, 2.45) is 5.92 Å². The van der Waals surface area contributed by atoms with Crippen molar-refractivity contribution in [2.45, 2.75) is 18.2 Å². The average molecular weight is 340 g/mol. The molecular formula is C19H20N2O2S. The first-order chi connectivity index (χ1) is 11.6. The normalized spacial score (nSPS) is 17.2. The number of rotatable bonds is 4. The van der Waals surface area contributed by atoms with Gasteiger partial charge in [-0.25, -0.2) is 0 Å². The van der Waals surface area contributed by atoms with Gasteiger partial charge in [-0.15, -0.1) is 11.8 Å². The highest BCUT2D eigenvalue weighted by molar-refractivity contribution is 7.98. The highest BCUT2D eigenvalue weighted by Crippen LogP contribution is 2.27. The molecule has 1 N–H and O–H groups in total. The summed E-state index contributed by atoms with van der Waals surface area (Å²) in [5.74, 6) is -0.426. The molecule has 1 saturated heterocycles. The Morgan fingerprint density at radius 2 is 1.79 bits per heavy atom. The number of nitrogens with one attached hydrogen (secondary N) is 1. The van der Waals surface area contributed by atoms with E-state index in [9.17, 15) is 9.59 Å². The number of carbonyl (C=O) groups is 2. The monoisotopic (exact) mass is 340 g/mol. The van der Waals surface area contributed by atoms with Gasteiger partial charge in [0, 0.05) is 29.2 Å². The summed E-state index contributed by atoms with van der Waals surface area (Å²) in [6, 6.07) is 15.5. The number of nitrogens with zero attached hydrogens (tertiary/aromatic N) is 1.